The minimum Gasteiger partial charge on any atom is -0.396 e. The predicted molar refractivity (Wildman–Crippen MR) is 84.0 cm³/mol. The van der Waals surface area contributed by atoms with Crippen LogP contribution in [0.5, 0.6) is 0 Å². The predicted octanol–water partition coefficient (Wildman–Crippen LogP) is 4.33. The molecule has 0 spiro atoms. The fourth-order valence-electron chi connectivity index (χ4n) is 2.13. The van der Waals surface area contributed by atoms with Gasteiger partial charge in [-0.2, -0.15) is 0 Å². The molecule has 0 saturated carbocycles. The van der Waals surface area contributed by atoms with E-state index in [1.54, 1.807) is 0 Å². The third-order valence-corrected chi connectivity index (χ3v) is 4.07. The SMILES string of the molecule is CCC(C)(C)c1ccc(C(=O)c2ccc(F)c(N)c2)cc1. The molecule has 0 aromatic heterocycles. The molecule has 0 heterocycles. The van der Waals surface area contributed by atoms with E-state index in [1.165, 1.54) is 23.8 Å². The molecular weight excluding hydrogens is 265 g/mol. The van der Waals surface area contributed by atoms with Gasteiger partial charge in [0.05, 0.1) is 5.69 Å². The smallest absolute Gasteiger partial charge is 0.193 e. The molecule has 2 nitrogen and oxygen atoms in total. The standard InChI is InChI=1S/C18H20FNO/c1-4-18(2,3)14-8-5-12(6-9-14)17(21)13-7-10-15(19)16(20)11-13/h5-11H,4,20H2,1-3H3. The van der Waals surface area contributed by atoms with Gasteiger partial charge in [-0.3, -0.25) is 4.79 Å². The molecule has 0 amide bonds. The van der Waals surface area contributed by atoms with Gasteiger partial charge in [-0.05, 0) is 35.6 Å². The molecule has 2 aromatic rings. The van der Waals surface area contributed by atoms with Crippen molar-refractivity contribution < 1.29 is 9.18 Å². The lowest BCUT2D eigenvalue weighted by Gasteiger charge is -2.23. The molecule has 110 valence electrons. The number of carbonyl (C=O) groups is 1. The van der Waals surface area contributed by atoms with E-state index in [0.29, 0.717) is 11.1 Å². The average molecular weight is 285 g/mol. The van der Waals surface area contributed by atoms with Crippen LogP contribution in [-0.2, 0) is 5.41 Å². The lowest BCUT2D eigenvalue weighted by atomic mass is 9.82. The first kappa shape index (κ1) is 15.2. The van der Waals surface area contributed by atoms with Gasteiger partial charge in [0.2, 0.25) is 0 Å². The molecule has 0 atom stereocenters. The first-order chi connectivity index (χ1) is 9.85. The van der Waals surface area contributed by atoms with Crippen molar-refractivity contribution in [2.24, 2.45) is 0 Å². The van der Waals surface area contributed by atoms with Gasteiger partial charge in [0.1, 0.15) is 5.82 Å². The number of rotatable bonds is 4. The lowest BCUT2D eigenvalue weighted by molar-refractivity contribution is 0.103. The zero-order valence-corrected chi connectivity index (χ0v) is 12.6. The molecule has 0 saturated heterocycles. The molecule has 2 rings (SSSR count). The average Bonchev–Trinajstić information content (AvgIpc) is 2.49. The number of nitrogen functional groups attached to an aromatic ring is 1. The Balaban J connectivity index is 2.30. The molecule has 0 aliphatic rings. The minimum atomic E-state index is -0.508. The summed E-state index contributed by atoms with van der Waals surface area (Å²) in [5, 5.41) is 0. The minimum absolute atomic E-state index is 0.00964. The van der Waals surface area contributed by atoms with Crippen molar-refractivity contribution in [2.45, 2.75) is 32.6 Å². The Morgan fingerprint density at radius 2 is 1.67 bits per heavy atom. The Kier molecular flexibility index (Phi) is 4.12. The van der Waals surface area contributed by atoms with E-state index in [2.05, 4.69) is 20.8 Å². The Morgan fingerprint density at radius 1 is 1.10 bits per heavy atom. The molecule has 0 bridgehead atoms. The van der Waals surface area contributed by atoms with Crippen LogP contribution in [0.2, 0.25) is 0 Å². The van der Waals surface area contributed by atoms with Crippen LogP contribution in [0, 0.1) is 5.82 Å². The molecule has 0 unspecified atom stereocenters. The molecule has 2 aromatic carbocycles. The van der Waals surface area contributed by atoms with Crippen molar-refractivity contribution in [3.63, 3.8) is 0 Å². The zero-order valence-electron chi connectivity index (χ0n) is 12.6. The maximum atomic E-state index is 13.2. The Bertz CT molecular complexity index is 659. The maximum Gasteiger partial charge on any atom is 0.193 e. The van der Waals surface area contributed by atoms with E-state index >= 15 is 0 Å². The Hall–Kier alpha value is -2.16. The first-order valence-corrected chi connectivity index (χ1v) is 7.05. The van der Waals surface area contributed by atoms with Crippen LogP contribution in [0.4, 0.5) is 10.1 Å². The van der Waals surface area contributed by atoms with Crippen molar-refractivity contribution >= 4 is 11.5 Å². The highest BCUT2D eigenvalue weighted by Crippen LogP contribution is 2.27. The van der Waals surface area contributed by atoms with Gasteiger partial charge in [0, 0.05) is 11.1 Å². The summed E-state index contributed by atoms with van der Waals surface area (Å²) < 4.78 is 13.2. The van der Waals surface area contributed by atoms with Crippen LogP contribution in [0.3, 0.4) is 0 Å². The quantitative estimate of drug-likeness (QED) is 0.671. The van der Waals surface area contributed by atoms with E-state index < -0.39 is 5.82 Å². The number of carbonyl (C=O) groups excluding carboxylic acids is 1. The topological polar surface area (TPSA) is 43.1 Å². The monoisotopic (exact) mass is 285 g/mol. The van der Waals surface area contributed by atoms with Crippen molar-refractivity contribution in [2.75, 3.05) is 5.73 Å². The number of hydrogen-bond acceptors (Lipinski definition) is 2. The molecule has 3 heteroatoms. The van der Waals surface area contributed by atoms with E-state index in [1.807, 2.05) is 24.3 Å². The van der Waals surface area contributed by atoms with E-state index in [4.69, 9.17) is 5.73 Å². The molecule has 0 radical (unpaired) electrons. The normalized spacial score (nSPS) is 11.4. The van der Waals surface area contributed by atoms with Crippen LogP contribution in [0.1, 0.15) is 48.7 Å². The van der Waals surface area contributed by atoms with E-state index in [0.717, 1.165) is 6.42 Å². The Morgan fingerprint density at radius 3 is 2.19 bits per heavy atom. The lowest BCUT2D eigenvalue weighted by Crippen LogP contribution is -2.15. The largest absolute Gasteiger partial charge is 0.396 e. The Labute approximate surface area is 124 Å². The number of benzene rings is 2. The van der Waals surface area contributed by atoms with Gasteiger partial charge in [-0.15, -0.1) is 0 Å². The molecular formula is C18H20FNO. The van der Waals surface area contributed by atoms with E-state index in [9.17, 15) is 9.18 Å². The van der Waals surface area contributed by atoms with Crippen molar-refractivity contribution in [1.82, 2.24) is 0 Å². The second-order valence-corrected chi connectivity index (χ2v) is 5.88. The summed E-state index contributed by atoms with van der Waals surface area (Å²) >= 11 is 0. The summed E-state index contributed by atoms with van der Waals surface area (Å²) in [6.45, 7) is 6.48. The third-order valence-electron chi connectivity index (χ3n) is 4.07. The molecule has 0 aliphatic heterocycles. The number of ketones is 1. The van der Waals surface area contributed by atoms with Gasteiger partial charge in [-0.25, -0.2) is 4.39 Å². The van der Waals surface area contributed by atoms with Crippen LogP contribution in [0.25, 0.3) is 0 Å². The molecule has 2 N–H and O–H groups in total. The first-order valence-electron chi connectivity index (χ1n) is 7.05. The molecule has 21 heavy (non-hydrogen) atoms. The second-order valence-electron chi connectivity index (χ2n) is 5.88. The number of hydrogen-bond donors (Lipinski definition) is 1. The second kappa shape index (κ2) is 5.68. The van der Waals surface area contributed by atoms with Gasteiger partial charge in [0.25, 0.3) is 0 Å². The summed E-state index contributed by atoms with van der Waals surface area (Å²) in [6.07, 6.45) is 1.02. The summed E-state index contributed by atoms with van der Waals surface area (Å²) in [5.41, 5.74) is 7.76. The number of nitrogens with two attached hydrogens (primary N) is 1. The molecule has 0 aliphatic carbocycles. The highest BCUT2D eigenvalue weighted by molar-refractivity contribution is 6.09. The fourth-order valence-corrected chi connectivity index (χ4v) is 2.13. The highest BCUT2D eigenvalue weighted by atomic mass is 19.1. The summed E-state index contributed by atoms with van der Waals surface area (Å²) in [7, 11) is 0. The fraction of sp³-hybridized carbons (Fsp3) is 0.278. The summed E-state index contributed by atoms with van der Waals surface area (Å²) in [5.74, 6) is -0.658. The van der Waals surface area contributed by atoms with Crippen LogP contribution in [0.15, 0.2) is 42.5 Å². The summed E-state index contributed by atoms with van der Waals surface area (Å²) in [4.78, 5) is 12.4. The van der Waals surface area contributed by atoms with Crippen LogP contribution >= 0.6 is 0 Å². The third kappa shape index (κ3) is 3.13. The van der Waals surface area contributed by atoms with Gasteiger partial charge < -0.3 is 5.73 Å². The number of halogens is 1. The van der Waals surface area contributed by atoms with Crippen LogP contribution < -0.4 is 5.73 Å². The van der Waals surface area contributed by atoms with Crippen molar-refractivity contribution in [3.8, 4) is 0 Å². The van der Waals surface area contributed by atoms with Gasteiger partial charge >= 0.3 is 0 Å². The van der Waals surface area contributed by atoms with Crippen LogP contribution in [-0.4, -0.2) is 5.78 Å². The zero-order chi connectivity index (χ0) is 15.6. The number of anilines is 1. The summed E-state index contributed by atoms with van der Waals surface area (Å²) in [6, 6.07) is 11.6. The highest BCUT2D eigenvalue weighted by Gasteiger charge is 2.18. The maximum absolute atomic E-state index is 13.2. The van der Waals surface area contributed by atoms with E-state index in [-0.39, 0.29) is 16.9 Å². The van der Waals surface area contributed by atoms with Crippen molar-refractivity contribution in [3.05, 3.63) is 65.0 Å². The molecule has 0 fully saturated rings. The van der Waals surface area contributed by atoms with Gasteiger partial charge in [-0.1, -0.05) is 45.0 Å². The van der Waals surface area contributed by atoms with Crippen molar-refractivity contribution in [1.29, 1.82) is 0 Å². The van der Waals surface area contributed by atoms with Gasteiger partial charge in [0.15, 0.2) is 5.78 Å².